The van der Waals surface area contributed by atoms with Crippen molar-refractivity contribution in [2.24, 2.45) is 10.8 Å². The first-order chi connectivity index (χ1) is 15.2. The van der Waals surface area contributed by atoms with Gasteiger partial charge in [-0.15, -0.1) is 34.8 Å². The molecule has 7 atom stereocenters. The Bertz CT molecular complexity index is 843. The molecule has 0 N–H and O–H groups in total. The molecule has 3 fully saturated rings. The van der Waals surface area contributed by atoms with Crippen LogP contribution in [0, 0.1) is 10.8 Å². The molecule has 178 valence electrons. The molecule has 11 heteroatoms. The molecule has 1 saturated carbocycles. The van der Waals surface area contributed by atoms with E-state index in [0.717, 1.165) is 12.0 Å². The average molecular weight is 512 g/mol. The van der Waals surface area contributed by atoms with E-state index in [1.54, 1.807) is 0 Å². The summed E-state index contributed by atoms with van der Waals surface area (Å²) in [5, 5.41) is 0. The predicted octanol–water partition coefficient (Wildman–Crippen LogP) is 2.35. The third-order valence-corrected chi connectivity index (χ3v) is 8.23. The molecule has 7 unspecified atom stereocenters. The Balaban J connectivity index is 1.84. The lowest BCUT2D eigenvalue weighted by Gasteiger charge is -2.57. The second-order valence-corrected chi connectivity index (χ2v) is 9.76. The molecule has 0 aromatic heterocycles. The lowest BCUT2D eigenvalue weighted by Crippen LogP contribution is -2.66. The zero-order chi connectivity index (χ0) is 23.3. The van der Waals surface area contributed by atoms with Gasteiger partial charge in [-0.25, -0.2) is 0 Å². The zero-order valence-corrected chi connectivity index (χ0v) is 20.0. The van der Waals surface area contributed by atoms with Crippen LogP contribution in [-0.4, -0.2) is 78.8 Å². The van der Waals surface area contributed by atoms with Crippen molar-refractivity contribution >= 4 is 52.7 Å². The van der Waals surface area contributed by atoms with Crippen molar-refractivity contribution in [3.8, 4) is 0 Å². The highest BCUT2D eigenvalue weighted by atomic mass is 35.5. The van der Waals surface area contributed by atoms with Crippen molar-refractivity contribution in [2.75, 3.05) is 30.9 Å². The summed E-state index contributed by atoms with van der Waals surface area (Å²) in [5.74, 6) is -2.95. The highest BCUT2D eigenvalue weighted by Crippen LogP contribution is 2.72. The van der Waals surface area contributed by atoms with Crippen LogP contribution in [0.3, 0.4) is 0 Å². The van der Waals surface area contributed by atoms with E-state index in [2.05, 4.69) is 0 Å². The number of hydrogen-bond donors (Lipinski definition) is 0. The van der Waals surface area contributed by atoms with Crippen molar-refractivity contribution in [3.63, 3.8) is 0 Å². The number of carbonyl (C=O) groups is 3. The summed E-state index contributed by atoms with van der Waals surface area (Å²) in [6.07, 6.45) is 0.204. The first kappa shape index (κ1) is 24.1. The Morgan fingerprint density at radius 3 is 2.31 bits per heavy atom. The van der Waals surface area contributed by atoms with Gasteiger partial charge in [0.1, 0.15) is 36.0 Å². The Hall–Kier alpha value is -1.06. The third-order valence-electron chi connectivity index (χ3n) is 7.58. The molecule has 2 aliphatic heterocycles. The van der Waals surface area contributed by atoms with E-state index in [9.17, 15) is 14.4 Å². The number of alkyl halides is 3. The van der Waals surface area contributed by atoms with Gasteiger partial charge in [0.05, 0.1) is 18.1 Å². The van der Waals surface area contributed by atoms with Crippen LogP contribution in [0.15, 0.2) is 11.6 Å². The summed E-state index contributed by atoms with van der Waals surface area (Å²) in [6.45, 7) is 4.22. The van der Waals surface area contributed by atoms with Crippen LogP contribution in [0.1, 0.15) is 26.7 Å². The van der Waals surface area contributed by atoms with Gasteiger partial charge in [-0.1, -0.05) is 18.6 Å². The molecule has 0 aromatic carbocycles. The summed E-state index contributed by atoms with van der Waals surface area (Å²) in [4.78, 5) is 36.5. The minimum Gasteiger partial charge on any atom is -0.464 e. The van der Waals surface area contributed by atoms with Gasteiger partial charge in [-0.2, -0.15) is 0 Å². The maximum Gasteiger partial charge on any atom is 0.321 e. The van der Waals surface area contributed by atoms with Crippen molar-refractivity contribution in [2.45, 2.75) is 56.7 Å². The summed E-state index contributed by atoms with van der Waals surface area (Å²) in [5.41, 5.74) is -1.50. The second kappa shape index (κ2) is 8.62. The molecular weight excluding hydrogens is 487 g/mol. The number of rotatable bonds is 7. The summed E-state index contributed by atoms with van der Waals surface area (Å²) in [6, 6.07) is 0. The maximum absolute atomic E-state index is 12.3. The van der Waals surface area contributed by atoms with Crippen LogP contribution in [0.25, 0.3) is 0 Å². The van der Waals surface area contributed by atoms with Gasteiger partial charge < -0.3 is 23.7 Å². The zero-order valence-electron chi connectivity index (χ0n) is 17.7. The summed E-state index contributed by atoms with van der Waals surface area (Å²) < 4.78 is 29.5. The topological polar surface area (TPSA) is 101 Å². The average Bonchev–Trinajstić information content (AvgIpc) is 3.57. The number of ether oxygens (including phenoxy) is 5. The molecule has 0 radical (unpaired) electrons. The van der Waals surface area contributed by atoms with E-state index in [-0.39, 0.29) is 24.2 Å². The number of epoxide rings is 1. The van der Waals surface area contributed by atoms with Crippen molar-refractivity contribution in [1.29, 1.82) is 0 Å². The lowest BCUT2D eigenvalue weighted by atomic mass is 9.51. The van der Waals surface area contributed by atoms with E-state index in [1.165, 1.54) is 0 Å². The lowest BCUT2D eigenvalue weighted by molar-refractivity contribution is -0.233. The Labute approximate surface area is 200 Å². The van der Waals surface area contributed by atoms with E-state index in [4.69, 9.17) is 58.5 Å². The summed E-state index contributed by atoms with van der Waals surface area (Å²) >= 11 is 17.1. The quantitative estimate of drug-likeness (QED) is 0.169. The van der Waals surface area contributed by atoms with E-state index >= 15 is 0 Å². The monoisotopic (exact) mass is 510 g/mol. The number of hydrogen-bond acceptors (Lipinski definition) is 8. The minimum absolute atomic E-state index is 0.0214. The first-order valence-corrected chi connectivity index (χ1v) is 12.0. The Morgan fingerprint density at radius 1 is 1.09 bits per heavy atom. The van der Waals surface area contributed by atoms with Gasteiger partial charge in [0.25, 0.3) is 0 Å². The SMILES string of the molecule is CC1=CC2OC3C(OC(=O)CCl)C(OC(=O)CCl)C(C)(C2(COC(=O)CCl)CC1)C31CO1. The number of allylic oxidation sites excluding steroid dienone is 1. The van der Waals surface area contributed by atoms with Gasteiger partial charge in [0.2, 0.25) is 0 Å². The highest BCUT2D eigenvalue weighted by molar-refractivity contribution is 6.27. The van der Waals surface area contributed by atoms with Crippen LogP contribution in [0.4, 0.5) is 0 Å². The van der Waals surface area contributed by atoms with Crippen LogP contribution in [-0.2, 0) is 38.1 Å². The van der Waals surface area contributed by atoms with Crippen LogP contribution < -0.4 is 0 Å². The molecule has 2 bridgehead atoms. The molecule has 4 rings (SSSR count). The smallest absolute Gasteiger partial charge is 0.321 e. The standard InChI is InChI=1S/C21H25Cl3O8/c1-11-3-4-20(9-28-13(25)6-22)12(5-11)30-18-16(31-14(26)7-23)17(32-15(27)8-24)19(20,2)21(18)10-29-21/h5,12,16-18H,3-4,6-10H2,1-2H3. The molecule has 2 aliphatic carbocycles. The molecule has 0 aromatic rings. The Kier molecular flexibility index (Phi) is 6.48. The van der Waals surface area contributed by atoms with Crippen molar-refractivity contribution in [1.82, 2.24) is 0 Å². The number of carbonyl (C=O) groups excluding carboxylic acids is 3. The second-order valence-electron chi connectivity index (χ2n) is 8.95. The Morgan fingerprint density at radius 2 is 1.72 bits per heavy atom. The van der Waals surface area contributed by atoms with Crippen molar-refractivity contribution < 1.29 is 38.1 Å². The maximum atomic E-state index is 12.3. The van der Waals surface area contributed by atoms with Gasteiger partial charge in [-0.3, -0.25) is 14.4 Å². The van der Waals surface area contributed by atoms with Crippen LogP contribution >= 0.6 is 34.8 Å². The molecule has 2 heterocycles. The molecular formula is C21H25Cl3O8. The van der Waals surface area contributed by atoms with Crippen LogP contribution in [0.5, 0.6) is 0 Å². The first-order valence-electron chi connectivity index (χ1n) is 10.4. The number of esters is 3. The number of fused-ring (bicyclic) bond motifs is 2. The minimum atomic E-state index is -0.958. The molecule has 1 spiro atoms. The molecule has 0 amide bonds. The fourth-order valence-corrected chi connectivity index (χ4v) is 6.09. The van der Waals surface area contributed by atoms with Crippen LogP contribution in [0.2, 0.25) is 0 Å². The third kappa shape index (κ3) is 3.36. The highest BCUT2D eigenvalue weighted by Gasteiger charge is 2.86. The normalized spacial score (nSPS) is 41.5. The fourth-order valence-electron chi connectivity index (χ4n) is 5.89. The van der Waals surface area contributed by atoms with Gasteiger partial charge in [0.15, 0.2) is 12.2 Å². The largest absolute Gasteiger partial charge is 0.464 e. The molecule has 4 aliphatic rings. The van der Waals surface area contributed by atoms with Gasteiger partial charge in [-0.05, 0) is 19.8 Å². The molecule has 2 saturated heterocycles. The number of halogens is 3. The fraction of sp³-hybridized carbons (Fsp3) is 0.762. The van der Waals surface area contributed by atoms with E-state index in [0.29, 0.717) is 13.0 Å². The summed E-state index contributed by atoms with van der Waals surface area (Å²) in [7, 11) is 0. The van der Waals surface area contributed by atoms with Gasteiger partial charge >= 0.3 is 17.9 Å². The van der Waals surface area contributed by atoms with Crippen molar-refractivity contribution in [3.05, 3.63) is 11.6 Å². The van der Waals surface area contributed by atoms with E-state index < -0.39 is 58.8 Å². The van der Waals surface area contributed by atoms with E-state index in [1.807, 2.05) is 19.9 Å². The van der Waals surface area contributed by atoms with Gasteiger partial charge in [0, 0.05) is 5.41 Å². The molecule has 32 heavy (non-hydrogen) atoms. The molecule has 8 nitrogen and oxygen atoms in total. The predicted molar refractivity (Wildman–Crippen MR) is 114 cm³/mol.